The van der Waals surface area contributed by atoms with E-state index >= 15 is 0 Å². The number of carbonyl (C=O) groups excluding carboxylic acids is 1. The van der Waals surface area contributed by atoms with Gasteiger partial charge in [-0.3, -0.25) is 4.79 Å². The lowest BCUT2D eigenvalue weighted by Crippen LogP contribution is -2.24. The van der Waals surface area contributed by atoms with Crippen molar-refractivity contribution in [2.45, 2.75) is 13.0 Å². The van der Waals surface area contributed by atoms with E-state index in [0.717, 1.165) is 16.6 Å². The Morgan fingerprint density at radius 3 is 2.80 bits per heavy atom. The van der Waals surface area contributed by atoms with Crippen molar-refractivity contribution in [3.05, 3.63) is 66.1 Å². The topological polar surface area (TPSA) is 55.1 Å². The van der Waals surface area contributed by atoms with Crippen LogP contribution in [0.15, 0.2) is 59.3 Å². The van der Waals surface area contributed by atoms with Crippen molar-refractivity contribution in [2.24, 2.45) is 0 Å². The molecule has 20 heavy (non-hydrogen) atoms. The van der Waals surface area contributed by atoms with E-state index in [9.17, 15) is 4.79 Å². The van der Waals surface area contributed by atoms with Crippen molar-refractivity contribution in [1.82, 2.24) is 10.3 Å². The van der Waals surface area contributed by atoms with Gasteiger partial charge in [0.25, 0.3) is 0 Å². The largest absolute Gasteiger partial charge is 0.443 e. The van der Waals surface area contributed by atoms with E-state index in [-0.39, 0.29) is 5.91 Å². The summed E-state index contributed by atoms with van der Waals surface area (Å²) < 4.78 is 5.23. The van der Waals surface area contributed by atoms with Gasteiger partial charge in [-0.25, -0.2) is 4.98 Å². The molecule has 0 aliphatic carbocycles. The Labute approximate surface area is 116 Å². The summed E-state index contributed by atoms with van der Waals surface area (Å²) in [6.45, 7) is 0.546. The molecule has 4 heteroatoms. The minimum absolute atomic E-state index is 0.00674. The van der Waals surface area contributed by atoms with Crippen molar-refractivity contribution in [3.63, 3.8) is 0 Å². The first-order valence-electron chi connectivity index (χ1n) is 6.44. The predicted molar refractivity (Wildman–Crippen MR) is 76.0 cm³/mol. The molecule has 1 heterocycles. The average Bonchev–Trinajstić information content (AvgIpc) is 2.94. The molecule has 2 aromatic carbocycles. The number of nitrogens with zero attached hydrogens (tertiary/aromatic N) is 1. The molecule has 0 aliphatic rings. The number of amides is 1. The lowest BCUT2D eigenvalue weighted by molar-refractivity contribution is -0.120. The smallest absolute Gasteiger partial charge is 0.224 e. The highest BCUT2D eigenvalue weighted by Gasteiger charge is 2.05. The molecule has 0 spiro atoms. The van der Waals surface area contributed by atoms with Crippen molar-refractivity contribution >= 4 is 17.0 Å². The molecule has 0 saturated carbocycles. The number of aromatic nitrogens is 1. The normalized spacial score (nSPS) is 10.6. The van der Waals surface area contributed by atoms with Gasteiger partial charge < -0.3 is 9.73 Å². The van der Waals surface area contributed by atoms with Crippen LogP contribution in [-0.4, -0.2) is 10.9 Å². The minimum Gasteiger partial charge on any atom is -0.443 e. The quantitative estimate of drug-likeness (QED) is 0.790. The highest BCUT2D eigenvalue weighted by atomic mass is 16.3. The maximum Gasteiger partial charge on any atom is 0.224 e. The van der Waals surface area contributed by atoms with Crippen LogP contribution < -0.4 is 5.32 Å². The zero-order chi connectivity index (χ0) is 13.8. The SMILES string of the molecule is O=C(Cc1ccc2ncoc2c1)NCc1ccccc1. The second-order valence-electron chi connectivity index (χ2n) is 4.59. The van der Waals surface area contributed by atoms with Crippen LogP contribution in [-0.2, 0) is 17.8 Å². The Kier molecular flexibility index (Phi) is 3.46. The molecule has 4 nitrogen and oxygen atoms in total. The second kappa shape index (κ2) is 5.57. The molecule has 0 radical (unpaired) electrons. The van der Waals surface area contributed by atoms with Crippen LogP contribution in [0.2, 0.25) is 0 Å². The molecule has 0 fully saturated rings. The Hall–Kier alpha value is -2.62. The Morgan fingerprint density at radius 1 is 1.10 bits per heavy atom. The first kappa shape index (κ1) is 12.4. The first-order valence-corrected chi connectivity index (χ1v) is 6.44. The van der Waals surface area contributed by atoms with E-state index in [4.69, 9.17) is 4.42 Å². The summed E-state index contributed by atoms with van der Waals surface area (Å²) in [6, 6.07) is 15.5. The molecule has 0 unspecified atom stereocenters. The summed E-state index contributed by atoms with van der Waals surface area (Å²) >= 11 is 0. The van der Waals surface area contributed by atoms with Gasteiger partial charge in [-0.1, -0.05) is 36.4 Å². The fourth-order valence-electron chi connectivity index (χ4n) is 2.05. The van der Waals surface area contributed by atoms with Crippen LogP contribution >= 0.6 is 0 Å². The zero-order valence-electron chi connectivity index (χ0n) is 10.9. The van der Waals surface area contributed by atoms with E-state index in [1.165, 1.54) is 6.39 Å². The van der Waals surface area contributed by atoms with Crippen LogP contribution in [0.1, 0.15) is 11.1 Å². The lowest BCUT2D eigenvalue weighted by Gasteiger charge is -2.05. The van der Waals surface area contributed by atoms with Crippen molar-refractivity contribution in [1.29, 1.82) is 0 Å². The van der Waals surface area contributed by atoms with Gasteiger partial charge in [0.2, 0.25) is 5.91 Å². The van der Waals surface area contributed by atoms with Crippen LogP contribution in [0.25, 0.3) is 11.1 Å². The van der Waals surface area contributed by atoms with Gasteiger partial charge in [0.1, 0.15) is 5.52 Å². The highest BCUT2D eigenvalue weighted by Crippen LogP contribution is 2.14. The third-order valence-electron chi connectivity index (χ3n) is 3.09. The molecule has 0 aliphatic heterocycles. The third-order valence-corrected chi connectivity index (χ3v) is 3.09. The van der Waals surface area contributed by atoms with Crippen LogP contribution in [0.4, 0.5) is 0 Å². The van der Waals surface area contributed by atoms with E-state index in [2.05, 4.69) is 10.3 Å². The summed E-state index contributed by atoms with van der Waals surface area (Å²) in [5.74, 6) is -0.00674. The molecule has 0 bridgehead atoms. The molecule has 100 valence electrons. The fraction of sp³-hybridized carbons (Fsp3) is 0.125. The highest BCUT2D eigenvalue weighted by molar-refractivity contribution is 5.80. The van der Waals surface area contributed by atoms with Gasteiger partial charge >= 0.3 is 0 Å². The van der Waals surface area contributed by atoms with E-state index in [1.807, 2.05) is 48.5 Å². The Morgan fingerprint density at radius 2 is 1.95 bits per heavy atom. The molecule has 0 saturated heterocycles. The number of carbonyl (C=O) groups is 1. The van der Waals surface area contributed by atoms with Crippen molar-refractivity contribution in [2.75, 3.05) is 0 Å². The fourth-order valence-corrected chi connectivity index (χ4v) is 2.05. The monoisotopic (exact) mass is 266 g/mol. The molecule has 3 rings (SSSR count). The molecule has 3 aromatic rings. The maximum atomic E-state index is 11.9. The summed E-state index contributed by atoms with van der Waals surface area (Å²) in [5, 5.41) is 2.90. The number of nitrogens with one attached hydrogen (secondary N) is 1. The lowest BCUT2D eigenvalue weighted by atomic mass is 10.1. The zero-order valence-corrected chi connectivity index (χ0v) is 10.9. The van der Waals surface area contributed by atoms with Gasteiger partial charge in [0.05, 0.1) is 6.42 Å². The van der Waals surface area contributed by atoms with E-state index in [1.54, 1.807) is 0 Å². The van der Waals surface area contributed by atoms with Crippen LogP contribution in [0.3, 0.4) is 0 Å². The van der Waals surface area contributed by atoms with Crippen LogP contribution in [0.5, 0.6) is 0 Å². The Bertz CT molecular complexity index is 719. The molecule has 0 atom stereocenters. The van der Waals surface area contributed by atoms with Crippen molar-refractivity contribution < 1.29 is 9.21 Å². The second-order valence-corrected chi connectivity index (χ2v) is 4.59. The van der Waals surface area contributed by atoms with Gasteiger partial charge in [-0.2, -0.15) is 0 Å². The van der Waals surface area contributed by atoms with Crippen molar-refractivity contribution in [3.8, 4) is 0 Å². The molecular formula is C16H14N2O2. The standard InChI is InChI=1S/C16H14N2O2/c19-16(17-10-12-4-2-1-3-5-12)9-13-6-7-14-15(8-13)20-11-18-14/h1-8,11H,9-10H2,(H,17,19). The number of benzene rings is 2. The minimum atomic E-state index is -0.00674. The number of oxazole rings is 1. The van der Waals surface area contributed by atoms with Gasteiger partial charge in [-0.15, -0.1) is 0 Å². The number of fused-ring (bicyclic) bond motifs is 1. The van der Waals surface area contributed by atoms with Gasteiger partial charge in [-0.05, 0) is 23.3 Å². The molecule has 1 N–H and O–H groups in total. The third kappa shape index (κ3) is 2.85. The molecule has 1 amide bonds. The molecular weight excluding hydrogens is 252 g/mol. The average molecular weight is 266 g/mol. The van der Waals surface area contributed by atoms with E-state index < -0.39 is 0 Å². The van der Waals surface area contributed by atoms with E-state index in [0.29, 0.717) is 18.5 Å². The summed E-state index contributed by atoms with van der Waals surface area (Å²) in [7, 11) is 0. The molecule has 1 aromatic heterocycles. The van der Waals surface area contributed by atoms with Gasteiger partial charge in [0, 0.05) is 6.54 Å². The number of hydrogen-bond acceptors (Lipinski definition) is 3. The predicted octanol–water partition coefficient (Wildman–Crippen LogP) is 2.69. The van der Waals surface area contributed by atoms with Gasteiger partial charge in [0.15, 0.2) is 12.0 Å². The Balaban J connectivity index is 1.61. The summed E-state index contributed by atoms with van der Waals surface area (Å²) in [6.07, 6.45) is 1.74. The summed E-state index contributed by atoms with van der Waals surface area (Å²) in [4.78, 5) is 16.0. The number of hydrogen-bond donors (Lipinski definition) is 1. The summed E-state index contributed by atoms with van der Waals surface area (Å²) in [5.41, 5.74) is 3.52. The maximum absolute atomic E-state index is 11.9. The number of rotatable bonds is 4. The first-order chi connectivity index (χ1) is 9.81. The van der Waals surface area contributed by atoms with Crippen LogP contribution in [0, 0.1) is 0 Å².